The highest BCUT2D eigenvalue weighted by Crippen LogP contribution is 2.37. The third kappa shape index (κ3) is 5.87. The van der Waals surface area contributed by atoms with Crippen LogP contribution in [0.5, 0.6) is 0 Å². The number of halogens is 6. The zero-order valence-electron chi connectivity index (χ0n) is 20.0. The molecule has 0 fully saturated rings. The molecule has 0 saturated carbocycles. The Kier molecular flexibility index (Phi) is 7.61. The Hall–Kier alpha value is -2.96. The van der Waals surface area contributed by atoms with Crippen molar-refractivity contribution in [2.24, 2.45) is 0 Å². The second-order valence-corrected chi connectivity index (χ2v) is 11.4. The maximum absolute atomic E-state index is 13.6. The third-order valence-electron chi connectivity index (χ3n) is 5.18. The lowest BCUT2D eigenvalue weighted by Crippen LogP contribution is -2.41. The first kappa shape index (κ1) is 28.1. The van der Waals surface area contributed by atoms with E-state index in [9.17, 15) is 22.8 Å². The standard InChI is InChI=1S/C25H19Br2ClF3N5O2/c1-24(2,3)34-22(37)15-10-12-9-13(26)6-7-14(12)19(27)20(15)33-23(38)17-11-18(25(29,30)31)35-36(17)21-16(28)5-4-8-32-21/h4-11H,1-3H3,(H,33,38)(H,34,37). The molecule has 0 radical (unpaired) electrons. The predicted octanol–water partition coefficient (Wildman–Crippen LogP) is 7.40. The number of hydrogen-bond acceptors (Lipinski definition) is 4. The van der Waals surface area contributed by atoms with Crippen LogP contribution in [0, 0.1) is 0 Å². The molecule has 4 rings (SSSR count). The first-order chi connectivity index (χ1) is 17.7. The minimum Gasteiger partial charge on any atom is -0.347 e. The number of nitrogens with zero attached hydrogens (tertiary/aromatic N) is 3. The number of alkyl halides is 3. The summed E-state index contributed by atoms with van der Waals surface area (Å²) in [6, 6.07) is 10.4. The van der Waals surface area contributed by atoms with E-state index in [0.29, 0.717) is 21.3 Å². The monoisotopic (exact) mass is 671 g/mol. The van der Waals surface area contributed by atoms with Crippen LogP contribution in [0.15, 0.2) is 57.6 Å². The van der Waals surface area contributed by atoms with Crippen LogP contribution in [0.3, 0.4) is 0 Å². The summed E-state index contributed by atoms with van der Waals surface area (Å²) in [6.07, 6.45) is -3.53. The summed E-state index contributed by atoms with van der Waals surface area (Å²) < 4.78 is 42.5. The van der Waals surface area contributed by atoms with E-state index in [2.05, 4.69) is 52.6 Å². The maximum Gasteiger partial charge on any atom is 0.435 e. The van der Waals surface area contributed by atoms with Crippen molar-refractivity contribution in [2.75, 3.05) is 5.32 Å². The summed E-state index contributed by atoms with van der Waals surface area (Å²) in [7, 11) is 0. The van der Waals surface area contributed by atoms with Crippen molar-refractivity contribution >= 4 is 71.7 Å². The molecule has 198 valence electrons. The quantitative estimate of drug-likeness (QED) is 0.236. The summed E-state index contributed by atoms with van der Waals surface area (Å²) in [5, 5.41) is 10.3. The molecule has 0 aliphatic rings. The van der Waals surface area contributed by atoms with E-state index in [0.717, 1.165) is 9.15 Å². The molecule has 38 heavy (non-hydrogen) atoms. The van der Waals surface area contributed by atoms with E-state index in [4.69, 9.17) is 11.6 Å². The number of fused-ring (bicyclic) bond motifs is 1. The Balaban J connectivity index is 1.88. The minimum atomic E-state index is -4.84. The highest BCUT2D eigenvalue weighted by Gasteiger charge is 2.37. The fourth-order valence-corrected chi connectivity index (χ4v) is 4.85. The molecule has 7 nitrogen and oxygen atoms in total. The Bertz CT molecular complexity index is 1580. The summed E-state index contributed by atoms with van der Waals surface area (Å²) in [6.45, 7) is 5.39. The van der Waals surface area contributed by atoms with Crippen molar-refractivity contribution < 1.29 is 22.8 Å². The molecule has 13 heteroatoms. The van der Waals surface area contributed by atoms with E-state index in [1.165, 1.54) is 18.3 Å². The average molecular weight is 674 g/mol. The van der Waals surface area contributed by atoms with Gasteiger partial charge in [0.2, 0.25) is 0 Å². The second kappa shape index (κ2) is 10.3. The summed E-state index contributed by atoms with van der Waals surface area (Å²) >= 11 is 13.0. The van der Waals surface area contributed by atoms with Crippen LogP contribution in [-0.2, 0) is 6.18 Å². The van der Waals surface area contributed by atoms with E-state index in [1.54, 1.807) is 45.0 Å². The number of aromatic nitrogens is 3. The van der Waals surface area contributed by atoms with Gasteiger partial charge >= 0.3 is 6.18 Å². The largest absolute Gasteiger partial charge is 0.435 e. The molecule has 0 saturated heterocycles. The molecule has 4 aromatic rings. The van der Waals surface area contributed by atoms with Gasteiger partial charge in [-0.05, 0) is 77.8 Å². The molecule has 0 atom stereocenters. The van der Waals surface area contributed by atoms with E-state index in [-0.39, 0.29) is 22.1 Å². The number of pyridine rings is 1. The topological polar surface area (TPSA) is 88.9 Å². The van der Waals surface area contributed by atoms with Gasteiger partial charge in [-0.15, -0.1) is 0 Å². The first-order valence-corrected chi connectivity index (χ1v) is 13.0. The molecule has 0 aliphatic heterocycles. The highest BCUT2D eigenvalue weighted by atomic mass is 79.9. The van der Waals surface area contributed by atoms with Gasteiger partial charge in [0.1, 0.15) is 5.69 Å². The lowest BCUT2D eigenvalue weighted by molar-refractivity contribution is -0.141. The van der Waals surface area contributed by atoms with Crippen molar-refractivity contribution in [3.8, 4) is 5.82 Å². The number of rotatable bonds is 4. The molecule has 0 aliphatic carbocycles. The number of hydrogen-bond donors (Lipinski definition) is 2. The normalized spacial score (nSPS) is 12.0. The maximum atomic E-state index is 13.6. The van der Waals surface area contributed by atoms with Gasteiger partial charge in [-0.2, -0.15) is 18.3 Å². The van der Waals surface area contributed by atoms with Crippen LogP contribution in [0.1, 0.15) is 47.3 Å². The van der Waals surface area contributed by atoms with Crippen molar-refractivity contribution in [3.05, 3.63) is 79.6 Å². The van der Waals surface area contributed by atoms with Crippen molar-refractivity contribution in [1.29, 1.82) is 0 Å². The van der Waals surface area contributed by atoms with Gasteiger partial charge < -0.3 is 10.6 Å². The number of anilines is 1. The smallest absolute Gasteiger partial charge is 0.347 e. The van der Waals surface area contributed by atoms with Crippen molar-refractivity contribution in [2.45, 2.75) is 32.5 Å². The number of carbonyl (C=O) groups excluding carboxylic acids is 2. The van der Waals surface area contributed by atoms with Crippen LogP contribution in [-0.4, -0.2) is 32.1 Å². The molecule has 2 aromatic carbocycles. The molecule has 0 unspecified atom stereocenters. The Labute approximate surface area is 237 Å². The number of amides is 2. The number of benzene rings is 2. The first-order valence-electron chi connectivity index (χ1n) is 11.0. The van der Waals surface area contributed by atoms with Crippen molar-refractivity contribution in [1.82, 2.24) is 20.1 Å². The van der Waals surface area contributed by atoms with Crippen LogP contribution in [0.2, 0.25) is 5.02 Å². The summed E-state index contributed by atoms with van der Waals surface area (Å²) in [5.41, 5.74) is -2.23. The Morgan fingerprint density at radius 1 is 1.03 bits per heavy atom. The Morgan fingerprint density at radius 3 is 2.37 bits per heavy atom. The van der Waals surface area contributed by atoms with Crippen LogP contribution >= 0.6 is 43.5 Å². The highest BCUT2D eigenvalue weighted by molar-refractivity contribution is 9.11. The number of nitrogens with one attached hydrogen (secondary N) is 2. The zero-order valence-corrected chi connectivity index (χ0v) is 24.0. The molecule has 0 bridgehead atoms. The SMILES string of the molecule is CC(C)(C)NC(=O)c1cc2cc(Br)ccc2c(Br)c1NC(=O)c1cc(C(F)(F)F)nn1-c1ncccc1Cl. The minimum absolute atomic E-state index is 0.0129. The van der Waals surface area contributed by atoms with Crippen LogP contribution < -0.4 is 10.6 Å². The van der Waals surface area contributed by atoms with E-state index in [1.807, 2.05) is 0 Å². The second-order valence-electron chi connectivity index (χ2n) is 9.27. The third-order valence-corrected chi connectivity index (χ3v) is 6.79. The molecular formula is C25H19Br2ClF3N5O2. The summed E-state index contributed by atoms with van der Waals surface area (Å²) in [5.74, 6) is -1.62. The Morgan fingerprint density at radius 2 is 1.74 bits per heavy atom. The molecule has 0 spiro atoms. The van der Waals surface area contributed by atoms with E-state index < -0.39 is 34.9 Å². The summed E-state index contributed by atoms with van der Waals surface area (Å²) in [4.78, 5) is 30.7. The van der Waals surface area contributed by atoms with Gasteiger partial charge in [0.15, 0.2) is 11.5 Å². The predicted molar refractivity (Wildman–Crippen MR) is 146 cm³/mol. The van der Waals surface area contributed by atoms with Gasteiger partial charge in [-0.3, -0.25) is 9.59 Å². The lowest BCUT2D eigenvalue weighted by atomic mass is 10.0. The fourth-order valence-electron chi connectivity index (χ4n) is 3.60. The average Bonchev–Trinajstić information content (AvgIpc) is 3.26. The van der Waals surface area contributed by atoms with Gasteiger partial charge in [-0.1, -0.05) is 33.6 Å². The van der Waals surface area contributed by atoms with Gasteiger partial charge in [0, 0.05) is 26.7 Å². The number of carbonyl (C=O) groups is 2. The zero-order chi connectivity index (χ0) is 28.0. The van der Waals surface area contributed by atoms with Gasteiger partial charge in [0.05, 0.1) is 16.3 Å². The van der Waals surface area contributed by atoms with E-state index >= 15 is 0 Å². The fraction of sp³-hybridized carbons (Fsp3) is 0.200. The molecule has 2 heterocycles. The van der Waals surface area contributed by atoms with Gasteiger partial charge in [0.25, 0.3) is 11.8 Å². The lowest BCUT2D eigenvalue weighted by Gasteiger charge is -2.23. The van der Waals surface area contributed by atoms with Crippen LogP contribution in [0.25, 0.3) is 16.6 Å². The molecule has 2 aromatic heterocycles. The van der Waals surface area contributed by atoms with Crippen molar-refractivity contribution in [3.63, 3.8) is 0 Å². The molecular weight excluding hydrogens is 655 g/mol. The van der Waals surface area contributed by atoms with Gasteiger partial charge in [-0.25, -0.2) is 9.67 Å². The molecule has 2 amide bonds. The molecule has 2 N–H and O–H groups in total. The van der Waals surface area contributed by atoms with Crippen LogP contribution in [0.4, 0.5) is 18.9 Å².